The molecule has 7 nitrogen and oxygen atoms in total. The van der Waals surface area contributed by atoms with Gasteiger partial charge in [-0.1, -0.05) is 30.4 Å². The Hall–Kier alpha value is -2.71. The third kappa shape index (κ3) is 5.14. The number of nitrogens with one attached hydrogen (secondary N) is 1. The fraction of sp³-hybridized carbons (Fsp3) is 0.435. The monoisotopic (exact) mass is 439 g/mol. The lowest BCUT2D eigenvalue weighted by Crippen LogP contribution is -2.34. The van der Waals surface area contributed by atoms with Crippen molar-refractivity contribution in [1.82, 2.24) is 20.1 Å². The highest BCUT2D eigenvalue weighted by atomic mass is 32.1. The number of aryl methyl sites for hydroxylation is 1. The van der Waals surface area contributed by atoms with Gasteiger partial charge in [-0.3, -0.25) is 4.90 Å². The molecule has 1 N–H and O–H groups in total. The van der Waals surface area contributed by atoms with Gasteiger partial charge in [-0.25, -0.2) is 4.98 Å². The summed E-state index contributed by atoms with van der Waals surface area (Å²) in [7, 11) is 3.42. The summed E-state index contributed by atoms with van der Waals surface area (Å²) >= 11 is 1.57. The van der Waals surface area contributed by atoms with Crippen LogP contribution in [0, 0.1) is 0 Å². The summed E-state index contributed by atoms with van der Waals surface area (Å²) in [5, 5.41) is 13.5. The van der Waals surface area contributed by atoms with Crippen molar-refractivity contribution in [2.45, 2.75) is 38.6 Å². The molecule has 1 fully saturated rings. The normalized spacial score (nSPS) is 16.8. The summed E-state index contributed by atoms with van der Waals surface area (Å²) in [6.45, 7) is 4.89. The van der Waals surface area contributed by atoms with Crippen LogP contribution in [0.5, 0.6) is 11.5 Å². The molecule has 0 spiro atoms. The number of rotatable bonds is 8. The van der Waals surface area contributed by atoms with Gasteiger partial charge in [0.05, 0.1) is 19.8 Å². The second kappa shape index (κ2) is 10.1. The first-order valence-corrected chi connectivity index (χ1v) is 11.5. The van der Waals surface area contributed by atoms with Crippen LogP contribution in [0.2, 0.25) is 0 Å². The van der Waals surface area contributed by atoms with Gasteiger partial charge >= 0.3 is 0 Å². The highest BCUT2D eigenvalue weighted by Gasteiger charge is 2.24. The molecule has 4 rings (SSSR count). The van der Waals surface area contributed by atoms with E-state index >= 15 is 0 Å². The summed E-state index contributed by atoms with van der Waals surface area (Å²) in [5.74, 6) is 2.94. The van der Waals surface area contributed by atoms with Crippen molar-refractivity contribution < 1.29 is 9.47 Å². The number of benzene rings is 1. The van der Waals surface area contributed by atoms with Gasteiger partial charge in [-0.2, -0.15) is 0 Å². The predicted octanol–water partition coefficient (Wildman–Crippen LogP) is 4.64. The van der Waals surface area contributed by atoms with Crippen molar-refractivity contribution in [3.63, 3.8) is 0 Å². The SMILES string of the molecule is CCc1nnc(Nc2cccc([C@H]3CCCN(Cc4c(OC)cccc4OC)C3)n2)s1. The quantitative estimate of drug-likeness (QED) is 0.548. The first-order valence-electron chi connectivity index (χ1n) is 10.7. The molecule has 0 radical (unpaired) electrons. The summed E-state index contributed by atoms with van der Waals surface area (Å²) in [6, 6.07) is 12.1. The third-order valence-corrected chi connectivity index (χ3v) is 6.59. The largest absolute Gasteiger partial charge is 0.496 e. The van der Waals surface area contributed by atoms with Gasteiger partial charge < -0.3 is 14.8 Å². The van der Waals surface area contributed by atoms with Gasteiger partial charge in [-0.15, -0.1) is 10.2 Å². The average molecular weight is 440 g/mol. The van der Waals surface area contributed by atoms with E-state index in [0.717, 1.165) is 77.6 Å². The van der Waals surface area contributed by atoms with E-state index in [4.69, 9.17) is 14.5 Å². The van der Waals surface area contributed by atoms with Crippen molar-refractivity contribution in [2.24, 2.45) is 0 Å². The van der Waals surface area contributed by atoms with E-state index in [9.17, 15) is 0 Å². The molecule has 8 heteroatoms. The van der Waals surface area contributed by atoms with Crippen LogP contribution in [0.1, 0.15) is 41.9 Å². The molecule has 0 saturated carbocycles. The number of methoxy groups -OCH3 is 2. The van der Waals surface area contributed by atoms with Crippen molar-refractivity contribution in [2.75, 3.05) is 32.6 Å². The molecule has 1 atom stereocenters. The molecule has 2 aromatic heterocycles. The molecular weight excluding hydrogens is 410 g/mol. The maximum atomic E-state index is 5.59. The molecule has 164 valence electrons. The van der Waals surface area contributed by atoms with E-state index in [1.165, 1.54) is 0 Å². The number of pyridine rings is 1. The smallest absolute Gasteiger partial charge is 0.211 e. The third-order valence-electron chi connectivity index (χ3n) is 5.61. The number of hydrogen-bond acceptors (Lipinski definition) is 8. The number of nitrogens with zero attached hydrogens (tertiary/aromatic N) is 4. The summed E-state index contributed by atoms with van der Waals surface area (Å²) in [4.78, 5) is 7.35. The Kier molecular flexibility index (Phi) is 6.99. The van der Waals surface area contributed by atoms with Gasteiger partial charge in [0.1, 0.15) is 22.3 Å². The average Bonchev–Trinajstić information content (AvgIpc) is 3.27. The molecule has 1 aromatic carbocycles. The van der Waals surface area contributed by atoms with E-state index in [-0.39, 0.29) is 0 Å². The number of anilines is 2. The molecule has 0 aliphatic carbocycles. The van der Waals surface area contributed by atoms with Crippen LogP contribution in [-0.4, -0.2) is 47.4 Å². The minimum absolute atomic E-state index is 0.386. The summed E-state index contributed by atoms with van der Waals surface area (Å²) in [6.07, 6.45) is 3.16. The molecule has 31 heavy (non-hydrogen) atoms. The number of ether oxygens (including phenoxy) is 2. The van der Waals surface area contributed by atoms with Crippen molar-refractivity contribution in [1.29, 1.82) is 0 Å². The number of likely N-dealkylation sites (tertiary alicyclic amines) is 1. The first-order chi connectivity index (χ1) is 15.2. The second-order valence-corrected chi connectivity index (χ2v) is 8.70. The minimum Gasteiger partial charge on any atom is -0.496 e. The predicted molar refractivity (Wildman–Crippen MR) is 124 cm³/mol. The van der Waals surface area contributed by atoms with Crippen LogP contribution in [-0.2, 0) is 13.0 Å². The van der Waals surface area contributed by atoms with Crippen molar-refractivity contribution in [3.05, 3.63) is 52.7 Å². The van der Waals surface area contributed by atoms with Crippen molar-refractivity contribution in [3.8, 4) is 11.5 Å². The lowest BCUT2D eigenvalue weighted by molar-refractivity contribution is 0.194. The maximum absolute atomic E-state index is 5.59. The Morgan fingerprint density at radius 1 is 1.10 bits per heavy atom. The fourth-order valence-corrected chi connectivity index (χ4v) is 4.74. The molecule has 1 aliphatic rings. The molecule has 1 aliphatic heterocycles. The van der Waals surface area contributed by atoms with E-state index in [0.29, 0.717) is 5.92 Å². The van der Waals surface area contributed by atoms with Crippen LogP contribution in [0.25, 0.3) is 0 Å². The van der Waals surface area contributed by atoms with Crippen LogP contribution in [0.3, 0.4) is 0 Å². The van der Waals surface area contributed by atoms with E-state index in [1.54, 1.807) is 25.6 Å². The Balaban J connectivity index is 1.47. The Labute approximate surface area is 187 Å². The lowest BCUT2D eigenvalue weighted by atomic mass is 9.93. The molecule has 3 heterocycles. The second-order valence-electron chi connectivity index (χ2n) is 7.64. The van der Waals surface area contributed by atoms with Gasteiger partial charge in [0, 0.05) is 24.7 Å². The molecule has 3 aromatic rings. The standard InChI is InChI=1S/C23H29N5O2S/c1-4-22-26-27-23(31-22)25-21-12-5-9-18(24-21)16-8-7-13-28(14-16)15-17-19(29-2)10-6-11-20(17)30-3/h5-6,9-12,16H,4,7-8,13-15H2,1-3H3,(H,24,25,27)/t16-/m0/s1. The van der Waals surface area contributed by atoms with Crippen LogP contribution >= 0.6 is 11.3 Å². The van der Waals surface area contributed by atoms with Crippen LogP contribution in [0.4, 0.5) is 10.9 Å². The van der Waals surface area contributed by atoms with Gasteiger partial charge in [0.25, 0.3) is 0 Å². The van der Waals surface area contributed by atoms with E-state index < -0.39 is 0 Å². The number of piperidine rings is 1. The van der Waals surface area contributed by atoms with Gasteiger partial charge in [0.2, 0.25) is 5.13 Å². The Morgan fingerprint density at radius 2 is 1.87 bits per heavy atom. The Morgan fingerprint density at radius 3 is 2.58 bits per heavy atom. The van der Waals surface area contributed by atoms with Crippen LogP contribution < -0.4 is 14.8 Å². The molecule has 0 unspecified atom stereocenters. The molecular formula is C23H29N5O2S. The summed E-state index contributed by atoms with van der Waals surface area (Å²) in [5.41, 5.74) is 2.21. The van der Waals surface area contributed by atoms with Gasteiger partial charge in [0.15, 0.2) is 0 Å². The molecule has 1 saturated heterocycles. The molecule has 0 amide bonds. The topological polar surface area (TPSA) is 72.4 Å². The minimum atomic E-state index is 0.386. The fourth-order valence-electron chi connectivity index (χ4n) is 4.05. The maximum Gasteiger partial charge on any atom is 0.211 e. The van der Waals surface area contributed by atoms with E-state index in [1.807, 2.05) is 24.3 Å². The Bertz CT molecular complexity index is 987. The zero-order valence-electron chi connectivity index (χ0n) is 18.3. The zero-order valence-corrected chi connectivity index (χ0v) is 19.1. The molecule has 0 bridgehead atoms. The van der Waals surface area contributed by atoms with Crippen LogP contribution in [0.15, 0.2) is 36.4 Å². The lowest BCUT2D eigenvalue weighted by Gasteiger charge is -2.33. The highest BCUT2D eigenvalue weighted by molar-refractivity contribution is 7.15. The van der Waals surface area contributed by atoms with Crippen molar-refractivity contribution >= 4 is 22.3 Å². The highest BCUT2D eigenvalue weighted by Crippen LogP contribution is 2.33. The summed E-state index contributed by atoms with van der Waals surface area (Å²) < 4.78 is 11.2. The number of aromatic nitrogens is 3. The van der Waals surface area contributed by atoms with Gasteiger partial charge in [-0.05, 0) is 50.1 Å². The van der Waals surface area contributed by atoms with E-state index in [2.05, 4.69) is 39.5 Å². The number of hydrogen-bond donors (Lipinski definition) is 1. The zero-order chi connectivity index (χ0) is 21.6. The first kappa shape index (κ1) is 21.5.